The van der Waals surface area contributed by atoms with Crippen LogP contribution in [0.2, 0.25) is 0 Å². The molecule has 45 heavy (non-hydrogen) atoms. The highest BCUT2D eigenvalue weighted by atomic mass is 32.2. The molecule has 1 aliphatic heterocycles. The van der Waals surface area contributed by atoms with Gasteiger partial charge in [0, 0.05) is 46.3 Å². The van der Waals surface area contributed by atoms with E-state index in [1.54, 1.807) is 43.3 Å². The predicted molar refractivity (Wildman–Crippen MR) is 173 cm³/mol. The number of hydrogen-bond acceptors (Lipinski definition) is 8. The molecule has 0 saturated carbocycles. The van der Waals surface area contributed by atoms with Crippen LogP contribution in [0.1, 0.15) is 46.5 Å². The summed E-state index contributed by atoms with van der Waals surface area (Å²) in [6.45, 7) is 9.75. The van der Waals surface area contributed by atoms with Crippen molar-refractivity contribution in [3.8, 4) is 22.5 Å². The minimum absolute atomic E-state index is 0.00219. The van der Waals surface area contributed by atoms with Gasteiger partial charge in [-0.3, -0.25) is 9.55 Å². The number of hydrogen-bond donors (Lipinski definition) is 2. The number of sulfonamides is 1. The summed E-state index contributed by atoms with van der Waals surface area (Å²) < 4.78 is 75.5. The van der Waals surface area contributed by atoms with Crippen LogP contribution >= 0.6 is 0 Å². The average molecular weight is 655 g/mol. The normalized spacial score (nSPS) is 13.3. The van der Waals surface area contributed by atoms with E-state index >= 15 is 0 Å². The Hall–Kier alpha value is -3.84. The van der Waals surface area contributed by atoms with Crippen LogP contribution in [0.3, 0.4) is 0 Å². The summed E-state index contributed by atoms with van der Waals surface area (Å²) in [6.07, 6.45) is 3.82. The zero-order valence-electron chi connectivity index (χ0n) is 25.6. The second kappa shape index (κ2) is 14.5. The Morgan fingerprint density at radius 3 is 2.49 bits per heavy atom. The second-order valence-electron chi connectivity index (χ2n) is 10.9. The van der Waals surface area contributed by atoms with Crippen LogP contribution in [0, 0.1) is 5.92 Å². The van der Waals surface area contributed by atoms with E-state index in [0.717, 1.165) is 25.7 Å². The summed E-state index contributed by atoms with van der Waals surface area (Å²) in [5.74, 6) is -0.00137. The predicted octanol–water partition coefficient (Wildman–Crippen LogP) is 5.97. The summed E-state index contributed by atoms with van der Waals surface area (Å²) in [7, 11) is -8.51. The lowest BCUT2D eigenvalue weighted by Crippen LogP contribution is -2.29. The lowest BCUT2D eigenvalue weighted by molar-refractivity contribution is -0.138. The van der Waals surface area contributed by atoms with Gasteiger partial charge in [0.05, 0.1) is 16.8 Å². The Morgan fingerprint density at radius 1 is 1.04 bits per heavy atom. The molecule has 0 radical (unpaired) electrons. The van der Waals surface area contributed by atoms with Gasteiger partial charge in [-0.2, -0.15) is 8.42 Å². The molecule has 10 nitrogen and oxygen atoms in total. The van der Waals surface area contributed by atoms with E-state index in [2.05, 4.69) is 23.2 Å². The summed E-state index contributed by atoms with van der Waals surface area (Å²) in [5, 5.41) is 0.942. The Labute approximate surface area is 264 Å². The molecular formula is C33H38N2O8S2. The Balaban J connectivity index is 1.85. The van der Waals surface area contributed by atoms with Crippen LogP contribution in [0.15, 0.2) is 92.0 Å². The van der Waals surface area contributed by atoms with Crippen LogP contribution in [0.4, 0.5) is 0 Å². The largest absolute Gasteiger partial charge is 0.460 e. The first kappa shape index (κ1) is 34.0. The van der Waals surface area contributed by atoms with Crippen molar-refractivity contribution in [3.05, 3.63) is 78.2 Å². The highest BCUT2D eigenvalue weighted by Gasteiger charge is 2.25. The standard InChI is InChI=1S/C33H38N2O8S2/c1-5-7-10-23(6-2)21-35-44(37,38)25-14-16-27-30(20-25)43-29-19-24(34-17-18-42-33(36)22(3)4)13-15-26(29)32(27)28-11-8-9-12-31(28)45(39,40)41/h8-9,11-16,19-20,23,35H,3,5-7,10,17-18,21H2,1-2,4H3,(H,39,40,41). The average Bonchev–Trinajstić information content (AvgIpc) is 3.01. The third kappa shape index (κ3) is 8.26. The van der Waals surface area contributed by atoms with E-state index < -0.39 is 26.1 Å². The van der Waals surface area contributed by atoms with Gasteiger partial charge in [0.25, 0.3) is 10.1 Å². The zero-order chi connectivity index (χ0) is 32.8. The van der Waals surface area contributed by atoms with Crippen molar-refractivity contribution in [2.45, 2.75) is 56.2 Å². The van der Waals surface area contributed by atoms with Crippen molar-refractivity contribution in [1.82, 2.24) is 4.72 Å². The molecule has 0 spiro atoms. The first-order valence-corrected chi connectivity index (χ1v) is 17.7. The van der Waals surface area contributed by atoms with Gasteiger partial charge in [-0.15, -0.1) is 0 Å². The highest BCUT2D eigenvalue weighted by molar-refractivity contribution is 7.89. The number of nitrogens with one attached hydrogen (secondary N) is 1. The number of esters is 1. The highest BCUT2D eigenvalue weighted by Crippen LogP contribution is 2.42. The van der Waals surface area contributed by atoms with Crippen molar-refractivity contribution < 1.29 is 35.3 Å². The van der Waals surface area contributed by atoms with Crippen LogP contribution in [0.5, 0.6) is 0 Å². The van der Waals surface area contributed by atoms with Crippen molar-refractivity contribution in [2.24, 2.45) is 10.9 Å². The summed E-state index contributed by atoms with van der Waals surface area (Å²) in [5.41, 5.74) is 1.64. The summed E-state index contributed by atoms with van der Waals surface area (Å²) >= 11 is 0. The topological polar surface area (TPSA) is 152 Å². The molecule has 4 rings (SSSR count). The molecule has 240 valence electrons. The number of unbranched alkanes of at least 4 members (excludes halogenated alkanes) is 1. The quantitative estimate of drug-likeness (QED) is 0.0555. The molecule has 1 atom stereocenters. The lowest BCUT2D eigenvalue weighted by atomic mass is 9.93. The number of rotatable bonds is 14. The molecule has 2 aliphatic rings. The van der Waals surface area contributed by atoms with E-state index in [9.17, 15) is 26.2 Å². The third-order valence-corrected chi connectivity index (χ3v) is 9.83. The number of fused-ring (bicyclic) bond motifs is 2. The Kier molecular flexibility index (Phi) is 11.0. The molecule has 0 bridgehead atoms. The monoisotopic (exact) mass is 654 g/mol. The number of carbonyl (C=O) groups excluding carboxylic acids is 1. The van der Waals surface area contributed by atoms with E-state index in [-0.39, 0.29) is 45.6 Å². The Morgan fingerprint density at radius 2 is 1.80 bits per heavy atom. The van der Waals surface area contributed by atoms with Crippen LogP contribution < -0.4 is 10.1 Å². The van der Waals surface area contributed by atoms with Crippen LogP contribution in [0.25, 0.3) is 33.4 Å². The maximum Gasteiger partial charge on any atom is 0.333 e. The van der Waals surface area contributed by atoms with Crippen LogP contribution in [-0.4, -0.2) is 47.1 Å². The molecule has 0 fully saturated rings. The van der Waals surface area contributed by atoms with Crippen molar-refractivity contribution >= 4 is 37.1 Å². The fraction of sp³-hybridized carbons (Fsp3) is 0.333. The zero-order valence-corrected chi connectivity index (χ0v) is 27.2. The van der Waals surface area contributed by atoms with Crippen LogP contribution in [-0.2, 0) is 29.7 Å². The molecule has 0 amide bonds. The molecule has 0 saturated heterocycles. The van der Waals surface area contributed by atoms with E-state index in [1.165, 1.54) is 24.3 Å². The van der Waals surface area contributed by atoms with E-state index in [0.29, 0.717) is 34.2 Å². The maximum atomic E-state index is 13.3. The lowest BCUT2D eigenvalue weighted by Gasteiger charge is -2.18. The van der Waals surface area contributed by atoms with E-state index in [4.69, 9.17) is 9.15 Å². The van der Waals surface area contributed by atoms with Crippen molar-refractivity contribution in [1.29, 1.82) is 0 Å². The van der Waals surface area contributed by atoms with Gasteiger partial charge in [-0.1, -0.05) is 57.9 Å². The molecule has 2 aromatic carbocycles. The third-order valence-electron chi connectivity index (χ3n) is 7.49. The fourth-order valence-corrected chi connectivity index (χ4v) is 6.83. The summed E-state index contributed by atoms with van der Waals surface area (Å²) in [4.78, 5) is 15.8. The SMILES string of the molecule is C=C(C)C(=O)OCCN=c1ccc2c(-c3ccccc3S(=O)(=O)O)c3ccc(S(=O)(=O)NCC(CC)CCCC)cc3oc-2c1. The molecule has 2 N–H and O–H groups in total. The first-order valence-electron chi connectivity index (χ1n) is 14.8. The minimum atomic E-state index is -4.61. The number of carbonyl (C=O) groups is 1. The molecule has 2 aromatic rings. The summed E-state index contributed by atoms with van der Waals surface area (Å²) in [6, 6.07) is 15.5. The van der Waals surface area contributed by atoms with Gasteiger partial charge in [0.2, 0.25) is 10.0 Å². The second-order valence-corrected chi connectivity index (χ2v) is 14.0. The molecule has 1 heterocycles. The molecular weight excluding hydrogens is 617 g/mol. The number of benzene rings is 3. The number of nitrogens with zero attached hydrogens (tertiary/aromatic N) is 1. The number of ether oxygens (including phenoxy) is 1. The van der Waals surface area contributed by atoms with Crippen molar-refractivity contribution in [2.75, 3.05) is 19.7 Å². The molecule has 1 unspecified atom stereocenters. The molecule has 12 heteroatoms. The van der Waals surface area contributed by atoms with Crippen molar-refractivity contribution in [3.63, 3.8) is 0 Å². The minimum Gasteiger partial charge on any atom is -0.460 e. The molecule has 1 aliphatic carbocycles. The Bertz CT molecular complexity index is 1960. The van der Waals surface area contributed by atoms with Gasteiger partial charge in [0.1, 0.15) is 22.8 Å². The first-order chi connectivity index (χ1) is 21.4. The van der Waals surface area contributed by atoms with Gasteiger partial charge in [-0.25, -0.2) is 17.9 Å². The van der Waals surface area contributed by atoms with Gasteiger partial charge >= 0.3 is 5.97 Å². The van der Waals surface area contributed by atoms with Gasteiger partial charge in [-0.05, 0) is 49.6 Å². The fourth-order valence-electron chi connectivity index (χ4n) is 5.00. The van der Waals surface area contributed by atoms with Gasteiger partial charge in [0.15, 0.2) is 0 Å². The smallest absolute Gasteiger partial charge is 0.333 e. The molecule has 0 aromatic heterocycles. The van der Waals surface area contributed by atoms with Gasteiger partial charge < -0.3 is 9.15 Å². The van der Waals surface area contributed by atoms with E-state index in [1.807, 2.05) is 6.92 Å². The maximum absolute atomic E-state index is 13.3.